The topological polar surface area (TPSA) is 21.7 Å². The van der Waals surface area contributed by atoms with Gasteiger partial charge in [0.1, 0.15) is 0 Å². The van der Waals surface area contributed by atoms with Gasteiger partial charge in [-0.15, -0.1) is 0 Å². The van der Waals surface area contributed by atoms with Crippen LogP contribution in [0.2, 0.25) is 0 Å². The van der Waals surface area contributed by atoms with Crippen LogP contribution in [0.5, 0.6) is 11.5 Å². The molecule has 3 rings (SSSR count). The highest BCUT2D eigenvalue weighted by atomic mass is 16.5. The second kappa shape index (κ2) is 10.5. The molecule has 1 aromatic carbocycles. The molecule has 2 fully saturated rings. The van der Waals surface area contributed by atoms with Crippen molar-refractivity contribution in [1.82, 2.24) is 4.90 Å². The molecule has 1 saturated heterocycles. The lowest BCUT2D eigenvalue weighted by molar-refractivity contribution is 0.215. The molecule has 1 aliphatic heterocycles. The summed E-state index contributed by atoms with van der Waals surface area (Å²) in [4.78, 5) is 2.56. The molecule has 3 nitrogen and oxygen atoms in total. The average Bonchev–Trinajstić information content (AvgIpc) is 2.98. The smallest absolute Gasteiger partial charge is 0.163 e. The zero-order valence-corrected chi connectivity index (χ0v) is 15.9. The third-order valence-corrected chi connectivity index (χ3v) is 4.89. The molecule has 2 unspecified atom stereocenters. The second-order valence-corrected chi connectivity index (χ2v) is 6.19. The first kappa shape index (κ1) is 19.8. The molecule has 0 spiro atoms. The van der Waals surface area contributed by atoms with E-state index in [4.69, 9.17) is 9.47 Å². The summed E-state index contributed by atoms with van der Waals surface area (Å²) in [5, 5.41) is 0. The Morgan fingerprint density at radius 1 is 1.00 bits per heavy atom. The number of hydrogen-bond acceptors (Lipinski definition) is 3. The molecule has 0 aromatic heterocycles. The number of ether oxygens (including phenoxy) is 2. The van der Waals surface area contributed by atoms with E-state index < -0.39 is 0 Å². The third-order valence-electron chi connectivity index (χ3n) is 4.89. The standard InChI is InChI=1S/C9H17N.C9H12O2.C2H6/c1-10-7-6-8-4-2-3-5-9(8)10;1-7-5-4-6-8(10-2)9(7)11-3;1-2/h8-9H,2-7H2,1H3;4-6H,1-3H3;1-2H3. The summed E-state index contributed by atoms with van der Waals surface area (Å²) in [6.07, 6.45) is 7.43. The maximum Gasteiger partial charge on any atom is 0.163 e. The van der Waals surface area contributed by atoms with Crippen LogP contribution in [0.3, 0.4) is 0 Å². The van der Waals surface area contributed by atoms with E-state index in [0.29, 0.717) is 0 Å². The Hall–Kier alpha value is -1.22. The summed E-state index contributed by atoms with van der Waals surface area (Å²) < 4.78 is 10.2. The number of aryl methyl sites for hydroxylation is 1. The molecule has 3 heteroatoms. The van der Waals surface area contributed by atoms with Crippen molar-refractivity contribution in [2.75, 3.05) is 27.8 Å². The molecule has 0 bridgehead atoms. The molecule has 0 radical (unpaired) electrons. The summed E-state index contributed by atoms with van der Waals surface area (Å²) in [6.45, 7) is 7.34. The highest BCUT2D eigenvalue weighted by Crippen LogP contribution is 2.34. The van der Waals surface area contributed by atoms with Crippen LogP contribution in [0.4, 0.5) is 0 Å². The minimum Gasteiger partial charge on any atom is -0.493 e. The SMILES string of the molecule is CC.CN1CCC2CCCCC21.COc1cccc(C)c1OC. The Labute approximate surface area is 143 Å². The molecule has 132 valence electrons. The first-order valence-corrected chi connectivity index (χ1v) is 9.05. The van der Waals surface area contributed by atoms with Crippen LogP contribution in [0.15, 0.2) is 18.2 Å². The normalized spacial score (nSPS) is 22.9. The summed E-state index contributed by atoms with van der Waals surface area (Å²) in [6, 6.07) is 6.78. The Balaban J connectivity index is 0.000000208. The number of hydrogen-bond donors (Lipinski definition) is 0. The van der Waals surface area contributed by atoms with E-state index in [1.54, 1.807) is 14.2 Å². The zero-order valence-electron chi connectivity index (χ0n) is 15.9. The van der Waals surface area contributed by atoms with Crippen molar-refractivity contribution in [3.05, 3.63) is 23.8 Å². The van der Waals surface area contributed by atoms with Crippen molar-refractivity contribution < 1.29 is 9.47 Å². The van der Waals surface area contributed by atoms with Crippen molar-refractivity contribution in [3.63, 3.8) is 0 Å². The van der Waals surface area contributed by atoms with Crippen LogP contribution in [0, 0.1) is 12.8 Å². The van der Waals surface area contributed by atoms with Crippen molar-refractivity contribution in [2.45, 2.75) is 58.9 Å². The second-order valence-electron chi connectivity index (χ2n) is 6.19. The molecular formula is C20H35NO2. The number of likely N-dealkylation sites (tertiary alicyclic amines) is 1. The minimum absolute atomic E-state index is 0.785. The van der Waals surface area contributed by atoms with E-state index >= 15 is 0 Å². The van der Waals surface area contributed by atoms with Gasteiger partial charge < -0.3 is 14.4 Å². The quantitative estimate of drug-likeness (QED) is 0.772. The van der Waals surface area contributed by atoms with Crippen LogP contribution in [-0.2, 0) is 0 Å². The van der Waals surface area contributed by atoms with E-state index in [1.807, 2.05) is 39.0 Å². The minimum atomic E-state index is 0.785. The van der Waals surface area contributed by atoms with E-state index in [9.17, 15) is 0 Å². The first-order valence-electron chi connectivity index (χ1n) is 9.05. The molecule has 1 aliphatic carbocycles. The van der Waals surface area contributed by atoms with E-state index in [-0.39, 0.29) is 0 Å². The van der Waals surface area contributed by atoms with Crippen molar-refractivity contribution in [3.8, 4) is 11.5 Å². The van der Waals surface area contributed by atoms with Gasteiger partial charge in [-0.3, -0.25) is 0 Å². The predicted molar refractivity (Wildman–Crippen MR) is 98.6 cm³/mol. The van der Waals surface area contributed by atoms with Gasteiger partial charge in [-0.2, -0.15) is 0 Å². The fraction of sp³-hybridized carbons (Fsp3) is 0.700. The molecule has 1 heterocycles. The Morgan fingerprint density at radius 2 is 1.70 bits per heavy atom. The van der Waals surface area contributed by atoms with Crippen molar-refractivity contribution in [1.29, 1.82) is 0 Å². The van der Waals surface area contributed by atoms with Gasteiger partial charge in [0.2, 0.25) is 0 Å². The lowest BCUT2D eigenvalue weighted by Gasteiger charge is -2.28. The maximum atomic E-state index is 5.14. The number of methoxy groups -OCH3 is 2. The van der Waals surface area contributed by atoms with Gasteiger partial charge >= 0.3 is 0 Å². The first-order chi connectivity index (χ1) is 11.2. The van der Waals surface area contributed by atoms with E-state index in [2.05, 4.69) is 11.9 Å². The summed E-state index contributed by atoms with van der Waals surface area (Å²) in [5.74, 6) is 2.67. The highest BCUT2D eigenvalue weighted by Gasteiger charge is 2.32. The third kappa shape index (κ3) is 5.42. The van der Waals surface area contributed by atoms with Crippen molar-refractivity contribution in [2.24, 2.45) is 5.92 Å². The average molecular weight is 322 g/mol. The Kier molecular flexibility index (Phi) is 9.08. The molecule has 1 saturated carbocycles. The van der Waals surface area contributed by atoms with Gasteiger partial charge in [0.15, 0.2) is 11.5 Å². The fourth-order valence-corrected chi connectivity index (χ4v) is 3.69. The Bertz CT molecular complexity index is 445. The van der Waals surface area contributed by atoms with Gasteiger partial charge in [-0.25, -0.2) is 0 Å². The molecule has 2 atom stereocenters. The molecule has 2 aliphatic rings. The van der Waals surface area contributed by atoms with E-state index in [0.717, 1.165) is 29.0 Å². The van der Waals surface area contributed by atoms with Crippen LogP contribution in [0.25, 0.3) is 0 Å². The lowest BCUT2D eigenvalue weighted by atomic mass is 9.85. The van der Waals surface area contributed by atoms with Gasteiger partial charge in [0, 0.05) is 6.04 Å². The van der Waals surface area contributed by atoms with Crippen LogP contribution in [0.1, 0.15) is 51.5 Å². The largest absolute Gasteiger partial charge is 0.493 e. The summed E-state index contributed by atoms with van der Waals surface area (Å²) >= 11 is 0. The molecule has 23 heavy (non-hydrogen) atoms. The summed E-state index contributed by atoms with van der Waals surface area (Å²) in [7, 11) is 5.57. The molecular weight excluding hydrogens is 286 g/mol. The number of benzene rings is 1. The monoisotopic (exact) mass is 321 g/mol. The van der Waals surface area contributed by atoms with E-state index in [1.165, 1.54) is 38.6 Å². The lowest BCUT2D eigenvalue weighted by Crippen LogP contribution is -2.31. The Morgan fingerprint density at radius 3 is 2.26 bits per heavy atom. The highest BCUT2D eigenvalue weighted by molar-refractivity contribution is 5.45. The van der Waals surface area contributed by atoms with Gasteiger partial charge in [-0.1, -0.05) is 38.8 Å². The number of rotatable bonds is 2. The van der Waals surface area contributed by atoms with Crippen molar-refractivity contribution >= 4 is 0 Å². The van der Waals surface area contributed by atoms with Gasteiger partial charge in [0.05, 0.1) is 14.2 Å². The number of fused-ring (bicyclic) bond motifs is 1. The van der Waals surface area contributed by atoms with Gasteiger partial charge in [-0.05, 0) is 57.3 Å². The van der Waals surface area contributed by atoms with Crippen LogP contribution in [-0.4, -0.2) is 38.8 Å². The fourth-order valence-electron chi connectivity index (χ4n) is 3.69. The molecule has 0 amide bonds. The van der Waals surface area contributed by atoms with Gasteiger partial charge in [0.25, 0.3) is 0 Å². The number of para-hydroxylation sites is 1. The van der Waals surface area contributed by atoms with Crippen LogP contribution >= 0.6 is 0 Å². The van der Waals surface area contributed by atoms with Crippen LogP contribution < -0.4 is 9.47 Å². The number of nitrogens with zero attached hydrogens (tertiary/aromatic N) is 1. The molecule has 0 N–H and O–H groups in total. The predicted octanol–water partition coefficient (Wildman–Crippen LogP) is 4.92. The summed E-state index contributed by atoms with van der Waals surface area (Å²) in [5.41, 5.74) is 1.09. The molecule has 1 aromatic rings. The maximum absolute atomic E-state index is 5.14. The zero-order chi connectivity index (χ0) is 17.2.